The first-order chi connectivity index (χ1) is 40.9. The lowest BCUT2D eigenvalue weighted by molar-refractivity contribution is -0.125. The second kappa shape index (κ2) is 25.6. The smallest absolute Gasteiger partial charge is 0.246 e. The van der Waals surface area contributed by atoms with Crippen molar-refractivity contribution >= 4 is 126 Å². The number of halogens is 6. The number of hydrogen-bond donors (Lipinski definition) is 3. The number of carbonyl (C=O) groups is 3. The number of fused-ring (bicyclic) bond motifs is 3. The number of carbonyl (C=O) groups excluding carboxylic acids is 3. The van der Waals surface area contributed by atoms with E-state index in [2.05, 4.69) is 43.1 Å². The van der Waals surface area contributed by atoms with Crippen LogP contribution in [0.25, 0.3) is 66.5 Å². The summed E-state index contributed by atoms with van der Waals surface area (Å²) in [6.07, 6.45) is 12.5. The molecule has 9 heterocycles. The molecule has 0 spiro atoms. The Hall–Kier alpha value is -8.11. The van der Waals surface area contributed by atoms with E-state index in [0.717, 1.165) is 41.6 Å². The average Bonchev–Trinajstić information content (AvgIpc) is 4.22. The van der Waals surface area contributed by atoms with Crippen LogP contribution in [-0.4, -0.2) is 141 Å². The van der Waals surface area contributed by atoms with E-state index in [4.69, 9.17) is 75.2 Å². The van der Waals surface area contributed by atoms with E-state index >= 15 is 4.39 Å². The molecular formula is C60H58Cl5FN16O3. The molecule has 3 aromatic carbocycles. The maximum Gasteiger partial charge on any atom is 0.246 e. The first-order valence-electron chi connectivity index (χ1n) is 27.0. The van der Waals surface area contributed by atoms with Crippen molar-refractivity contribution in [1.29, 1.82) is 0 Å². The van der Waals surface area contributed by atoms with Gasteiger partial charge in [-0.15, -0.1) is 0 Å². The third kappa shape index (κ3) is 12.1. The van der Waals surface area contributed by atoms with Crippen LogP contribution in [-0.2, 0) is 14.4 Å². The maximum absolute atomic E-state index is 15.6. The van der Waals surface area contributed by atoms with E-state index in [0.29, 0.717) is 127 Å². The predicted octanol–water partition coefficient (Wildman–Crippen LogP) is 11.3. The van der Waals surface area contributed by atoms with Gasteiger partial charge in [-0.3, -0.25) is 19.0 Å². The van der Waals surface area contributed by atoms with Crippen molar-refractivity contribution in [3.63, 3.8) is 0 Å². The molecule has 0 aliphatic carbocycles. The van der Waals surface area contributed by atoms with Crippen LogP contribution in [0.5, 0.6) is 0 Å². The fourth-order valence-corrected chi connectivity index (χ4v) is 12.4. The lowest BCUT2D eigenvalue weighted by Crippen LogP contribution is -2.27. The summed E-state index contributed by atoms with van der Waals surface area (Å²) in [5, 5.41) is 4.78. The van der Waals surface area contributed by atoms with Crippen LogP contribution in [0.4, 0.5) is 21.8 Å². The molecule has 0 saturated carbocycles. The zero-order chi connectivity index (χ0) is 60.4. The fraction of sp³-hybridized carbons (Fsp3) is 0.250. The van der Waals surface area contributed by atoms with Gasteiger partial charge >= 0.3 is 0 Å². The predicted molar refractivity (Wildman–Crippen MR) is 336 cm³/mol. The van der Waals surface area contributed by atoms with Crippen LogP contribution in [0.15, 0.2) is 129 Å². The van der Waals surface area contributed by atoms with Crippen molar-refractivity contribution < 1.29 is 18.8 Å². The number of anilines is 3. The van der Waals surface area contributed by atoms with Gasteiger partial charge < -0.3 is 45.9 Å². The molecule has 12 rings (SSSR count). The van der Waals surface area contributed by atoms with E-state index in [1.807, 2.05) is 75.5 Å². The summed E-state index contributed by atoms with van der Waals surface area (Å²) in [5.41, 5.74) is 24.5. The molecule has 0 bridgehead atoms. The number of aromatic nitrogens is 9. The van der Waals surface area contributed by atoms with Crippen LogP contribution >= 0.6 is 58.0 Å². The number of hydrogen-bond acceptors (Lipinski definition) is 13. The number of nitrogens with zero attached hydrogens (tertiary/aromatic N) is 13. The molecule has 0 unspecified atom stereocenters. The summed E-state index contributed by atoms with van der Waals surface area (Å²) in [6, 6.07) is 21.4. The molecule has 3 saturated heterocycles. The van der Waals surface area contributed by atoms with Gasteiger partial charge in [-0.05, 0) is 98.6 Å². The highest BCUT2D eigenvalue weighted by atomic mass is 35.5. The Morgan fingerprint density at radius 1 is 0.529 bits per heavy atom. The zero-order valence-corrected chi connectivity index (χ0v) is 50.0. The Labute approximate surface area is 513 Å². The monoisotopic (exact) mass is 1240 g/mol. The topological polar surface area (TPSA) is 234 Å². The number of likely N-dealkylation sites (N-methyl/N-ethyl adjacent to an activating group) is 1. The minimum absolute atomic E-state index is 0.000694. The van der Waals surface area contributed by atoms with Gasteiger partial charge in [0, 0.05) is 83.6 Å². The van der Waals surface area contributed by atoms with E-state index in [1.165, 1.54) is 35.7 Å². The largest absolute Gasteiger partial charge is 0.383 e. The Kier molecular flexibility index (Phi) is 18.1. The first-order valence-corrected chi connectivity index (χ1v) is 28.9. The second-order valence-corrected chi connectivity index (χ2v) is 22.8. The van der Waals surface area contributed by atoms with Crippen molar-refractivity contribution in [2.45, 2.75) is 37.4 Å². The van der Waals surface area contributed by atoms with Gasteiger partial charge in [-0.1, -0.05) is 114 Å². The van der Waals surface area contributed by atoms with Crippen molar-refractivity contribution in [3.8, 4) is 33.4 Å². The maximum atomic E-state index is 15.6. The number of amides is 3. The fourth-order valence-electron chi connectivity index (χ4n) is 11.2. The molecule has 3 amide bonds. The van der Waals surface area contributed by atoms with E-state index in [9.17, 15) is 14.4 Å². The summed E-state index contributed by atoms with van der Waals surface area (Å²) >= 11 is 31.8. The molecule has 6 aromatic heterocycles. The van der Waals surface area contributed by atoms with Crippen molar-refractivity contribution in [2.75, 3.05) is 77.1 Å². The van der Waals surface area contributed by atoms with Gasteiger partial charge in [0.05, 0.1) is 34.3 Å². The van der Waals surface area contributed by atoms with Gasteiger partial charge in [-0.2, -0.15) is 4.39 Å². The van der Waals surface area contributed by atoms with Gasteiger partial charge in [-0.25, -0.2) is 29.9 Å². The van der Waals surface area contributed by atoms with E-state index < -0.39 is 5.95 Å². The van der Waals surface area contributed by atoms with Crippen molar-refractivity contribution in [1.82, 2.24) is 63.2 Å². The normalized spacial score (nSPS) is 16.8. The Morgan fingerprint density at radius 3 is 1.22 bits per heavy atom. The van der Waals surface area contributed by atoms with Gasteiger partial charge in [0.25, 0.3) is 0 Å². The Balaban J connectivity index is 0.000000142. The highest BCUT2D eigenvalue weighted by molar-refractivity contribution is 6.36. The van der Waals surface area contributed by atoms with Gasteiger partial charge in [0.15, 0.2) is 0 Å². The third-order valence-electron chi connectivity index (χ3n) is 15.3. The molecular weight excluding hydrogens is 1190 g/mol. The molecule has 3 aliphatic heterocycles. The van der Waals surface area contributed by atoms with Crippen LogP contribution in [0.1, 0.15) is 37.4 Å². The quantitative estimate of drug-likeness (QED) is 0.102. The molecule has 9 aromatic rings. The third-order valence-corrected chi connectivity index (χ3v) is 16.8. The molecule has 0 radical (unpaired) electrons. The Morgan fingerprint density at radius 2 is 0.859 bits per heavy atom. The highest BCUT2D eigenvalue weighted by Gasteiger charge is 2.35. The lowest BCUT2D eigenvalue weighted by Gasteiger charge is -2.17. The minimum Gasteiger partial charge on any atom is -0.383 e. The molecule has 25 heteroatoms. The number of rotatable bonds is 11. The SMILES string of the molecule is C=CC(=O)N1CC[C@@H](n2c(Cl)c(-c3ccc(Cl)cc3)c3c(N)ncnc32)C1.C=CC(=O)N1CC[C@@H](n2c(F)c(-c3ccc(Cl)cc3)c3c(N)ncnc32)C1.CN(C)C/C=C/C(=O)N1CC[C@@H](n2c(Cl)c(-c3ccc(Cl)cc3)c3c(N)ncnc32)C1. The molecule has 85 heavy (non-hydrogen) atoms. The molecule has 3 fully saturated rings. The average molecular weight is 1250 g/mol. The zero-order valence-electron chi connectivity index (χ0n) is 46.2. The number of likely N-dealkylation sites (tertiary alicyclic amines) is 3. The Bertz CT molecular complexity index is 3890. The highest BCUT2D eigenvalue weighted by Crippen LogP contribution is 2.45. The first kappa shape index (κ1) is 60.0. The minimum atomic E-state index is -0.447. The molecule has 3 atom stereocenters. The lowest BCUT2D eigenvalue weighted by atomic mass is 10.1. The number of nitrogens with two attached hydrogens (primary N) is 3. The van der Waals surface area contributed by atoms with Crippen LogP contribution in [0.2, 0.25) is 25.4 Å². The van der Waals surface area contributed by atoms with E-state index in [1.54, 1.807) is 52.3 Å². The standard InChI is InChI=1S/C22H24Cl2N6O.C19H17Cl2N5O.C19H17ClFN5O/c1-28(2)10-3-4-17(31)29-11-9-16(12-29)30-20(24)18(14-5-7-15(23)8-6-14)19-21(25)26-13-27-22(19)30;2*1-2-14(27)25-8-7-13(9-25)26-17(21)15(11-3-5-12(20)6-4-11)16-18(22)23-10-24-19(16)26/h3-8,13,16H,9-12H2,1-2H3,(H2,25,26,27);2*2-6,10,13H,1,7-9H2,(H2,22,23,24)/b4-3+;;/t16-;2*13-/m111/s1. The van der Waals surface area contributed by atoms with Crippen molar-refractivity contribution in [3.05, 3.63) is 161 Å². The molecule has 6 N–H and O–H groups in total. The number of nitrogen functional groups attached to an aromatic ring is 3. The van der Waals surface area contributed by atoms with Crippen LogP contribution < -0.4 is 17.2 Å². The summed E-state index contributed by atoms with van der Waals surface area (Å²) in [6.45, 7) is 11.1. The summed E-state index contributed by atoms with van der Waals surface area (Å²) in [5.74, 6) is 0.246. The molecule has 3 aliphatic rings. The summed E-state index contributed by atoms with van der Waals surface area (Å²) in [4.78, 5) is 69.2. The summed E-state index contributed by atoms with van der Waals surface area (Å²) in [7, 11) is 3.93. The molecule has 438 valence electrons. The van der Waals surface area contributed by atoms with Crippen LogP contribution in [0.3, 0.4) is 0 Å². The molecule has 19 nitrogen and oxygen atoms in total. The van der Waals surface area contributed by atoms with Gasteiger partial charge in [0.1, 0.15) is 63.7 Å². The van der Waals surface area contributed by atoms with Crippen molar-refractivity contribution in [2.24, 2.45) is 0 Å². The van der Waals surface area contributed by atoms with Gasteiger partial charge in [0.2, 0.25) is 23.7 Å². The van der Waals surface area contributed by atoms with E-state index in [-0.39, 0.29) is 41.7 Å². The number of benzene rings is 3. The van der Waals surface area contributed by atoms with Crippen LogP contribution in [0, 0.1) is 5.95 Å². The summed E-state index contributed by atoms with van der Waals surface area (Å²) < 4.78 is 21.1. The second-order valence-electron chi connectivity index (χ2n) is 20.8.